The van der Waals surface area contributed by atoms with Crippen LogP contribution in [-0.4, -0.2) is 9.55 Å². The van der Waals surface area contributed by atoms with Crippen molar-refractivity contribution < 1.29 is 0 Å². The second-order valence-corrected chi connectivity index (χ2v) is 7.21. The summed E-state index contributed by atoms with van der Waals surface area (Å²) in [6.45, 7) is 5.30. The van der Waals surface area contributed by atoms with E-state index < -0.39 is 0 Å². The Hall–Kier alpha value is -3.38. The summed E-state index contributed by atoms with van der Waals surface area (Å²) in [6.07, 6.45) is 4.45. The average Bonchev–Trinajstić information content (AvgIpc) is 3.14. The third-order valence-corrected chi connectivity index (χ3v) is 5.16. The van der Waals surface area contributed by atoms with Gasteiger partial charge in [-0.1, -0.05) is 55.3 Å². The molecule has 0 bridgehead atoms. The highest BCUT2D eigenvalue weighted by Crippen LogP contribution is 2.34. The summed E-state index contributed by atoms with van der Waals surface area (Å²) in [4.78, 5) is 5.04. The lowest BCUT2D eigenvalue weighted by atomic mass is 9.97. The molecular weight excluding hydrogens is 342 g/mol. The Morgan fingerprint density at radius 3 is 2.36 bits per heavy atom. The van der Waals surface area contributed by atoms with Crippen molar-refractivity contribution in [1.29, 1.82) is 5.26 Å². The molecular formula is C25H23N3. The maximum absolute atomic E-state index is 9.12. The fourth-order valence-corrected chi connectivity index (χ4v) is 3.51. The molecule has 0 saturated heterocycles. The van der Waals surface area contributed by atoms with Gasteiger partial charge in [0.1, 0.15) is 0 Å². The molecule has 0 aliphatic carbocycles. The summed E-state index contributed by atoms with van der Waals surface area (Å²) in [7, 11) is 0. The zero-order valence-electron chi connectivity index (χ0n) is 16.3. The van der Waals surface area contributed by atoms with Crippen LogP contribution in [0.2, 0.25) is 0 Å². The van der Waals surface area contributed by atoms with Crippen LogP contribution in [0.25, 0.3) is 33.4 Å². The largest absolute Gasteiger partial charge is 0.346 e. The Morgan fingerprint density at radius 1 is 0.964 bits per heavy atom. The van der Waals surface area contributed by atoms with Crippen molar-refractivity contribution in [3.05, 3.63) is 78.0 Å². The number of benzene rings is 2. The number of hydrogen-bond acceptors (Lipinski definition) is 2. The lowest BCUT2D eigenvalue weighted by Gasteiger charge is -2.12. The van der Waals surface area contributed by atoms with Crippen LogP contribution in [0, 0.1) is 18.3 Å². The fourth-order valence-electron chi connectivity index (χ4n) is 3.51. The second kappa shape index (κ2) is 7.70. The van der Waals surface area contributed by atoms with E-state index in [2.05, 4.69) is 67.1 Å². The topological polar surface area (TPSA) is 41.6 Å². The Morgan fingerprint density at radius 2 is 1.68 bits per heavy atom. The molecule has 0 fully saturated rings. The van der Waals surface area contributed by atoms with Crippen LogP contribution >= 0.6 is 0 Å². The maximum atomic E-state index is 9.12. The van der Waals surface area contributed by atoms with Gasteiger partial charge in [-0.3, -0.25) is 0 Å². The number of rotatable bonds is 5. The summed E-state index contributed by atoms with van der Waals surface area (Å²) in [5.41, 5.74) is 8.33. The number of unbranched alkanes of at least 4 members (excludes halogenated alkanes) is 1. The standard InChI is InChI=1S/C25H23N3/c1-3-4-14-28-15-13-23-24(28)16-22(20-11-7-19(17-26)8-12-20)25(27-23)21-9-5-18(2)6-10-21/h5-13,15-16H,3-4,14H2,1-2H3. The first-order valence-electron chi connectivity index (χ1n) is 9.77. The van der Waals surface area contributed by atoms with Crippen LogP contribution in [-0.2, 0) is 6.54 Å². The van der Waals surface area contributed by atoms with Gasteiger partial charge in [-0.05, 0) is 43.2 Å². The fraction of sp³-hybridized carbons (Fsp3) is 0.200. The van der Waals surface area contributed by atoms with E-state index in [-0.39, 0.29) is 0 Å². The van der Waals surface area contributed by atoms with Crippen molar-refractivity contribution in [2.75, 3.05) is 0 Å². The van der Waals surface area contributed by atoms with E-state index in [0.29, 0.717) is 5.56 Å². The zero-order valence-corrected chi connectivity index (χ0v) is 16.3. The van der Waals surface area contributed by atoms with Gasteiger partial charge in [0.2, 0.25) is 0 Å². The Balaban J connectivity index is 1.92. The van der Waals surface area contributed by atoms with Crippen molar-refractivity contribution in [1.82, 2.24) is 9.55 Å². The first-order chi connectivity index (χ1) is 13.7. The van der Waals surface area contributed by atoms with E-state index in [4.69, 9.17) is 10.2 Å². The summed E-state index contributed by atoms with van der Waals surface area (Å²) >= 11 is 0. The highest BCUT2D eigenvalue weighted by Gasteiger charge is 2.14. The van der Waals surface area contributed by atoms with E-state index in [9.17, 15) is 0 Å². The van der Waals surface area contributed by atoms with E-state index in [1.165, 1.54) is 5.56 Å². The van der Waals surface area contributed by atoms with Gasteiger partial charge in [-0.25, -0.2) is 4.98 Å². The van der Waals surface area contributed by atoms with Crippen LogP contribution in [0.1, 0.15) is 30.9 Å². The van der Waals surface area contributed by atoms with Gasteiger partial charge >= 0.3 is 0 Å². The smallest absolute Gasteiger partial charge is 0.0991 e. The monoisotopic (exact) mass is 365 g/mol. The van der Waals surface area contributed by atoms with Crippen molar-refractivity contribution >= 4 is 11.0 Å². The van der Waals surface area contributed by atoms with Crippen LogP contribution in [0.4, 0.5) is 0 Å². The molecule has 0 spiro atoms. The minimum Gasteiger partial charge on any atom is -0.346 e. The molecule has 3 nitrogen and oxygen atoms in total. The van der Waals surface area contributed by atoms with Gasteiger partial charge < -0.3 is 4.57 Å². The number of nitriles is 1. The van der Waals surface area contributed by atoms with Gasteiger partial charge in [0.05, 0.1) is 28.4 Å². The van der Waals surface area contributed by atoms with Gasteiger partial charge in [0.15, 0.2) is 0 Å². The Bertz CT molecular complexity index is 1140. The third-order valence-electron chi connectivity index (χ3n) is 5.16. The molecule has 0 unspecified atom stereocenters. The number of aromatic nitrogens is 2. The van der Waals surface area contributed by atoms with Crippen LogP contribution in [0.5, 0.6) is 0 Å². The summed E-state index contributed by atoms with van der Waals surface area (Å²) in [6, 6.07) is 22.8. The van der Waals surface area contributed by atoms with Crippen molar-refractivity contribution in [2.45, 2.75) is 33.2 Å². The zero-order chi connectivity index (χ0) is 19.5. The predicted molar refractivity (Wildman–Crippen MR) is 115 cm³/mol. The predicted octanol–water partition coefficient (Wildman–Crippen LogP) is 6.35. The molecule has 0 amide bonds. The van der Waals surface area contributed by atoms with E-state index in [0.717, 1.165) is 52.8 Å². The van der Waals surface area contributed by atoms with Gasteiger partial charge in [0.25, 0.3) is 0 Å². The maximum Gasteiger partial charge on any atom is 0.0991 e. The molecule has 28 heavy (non-hydrogen) atoms. The second-order valence-electron chi connectivity index (χ2n) is 7.21. The van der Waals surface area contributed by atoms with Crippen LogP contribution in [0.15, 0.2) is 66.9 Å². The van der Waals surface area contributed by atoms with E-state index in [1.54, 1.807) is 0 Å². The molecule has 0 saturated carbocycles. The average molecular weight is 365 g/mol. The number of aryl methyl sites for hydroxylation is 2. The number of fused-ring (bicyclic) bond motifs is 1. The SMILES string of the molecule is CCCCn1ccc2nc(-c3ccc(C)cc3)c(-c3ccc(C#N)cc3)cc21. The summed E-state index contributed by atoms with van der Waals surface area (Å²) < 4.78 is 2.29. The highest BCUT2D eigenvalue weighted by atomic mass is 15.0. The summed E-state index contributed by atoms with van der Waals surface area (Å²) in [5.74, 6) is 0. The Labute approximate surface area is 165 Å². The molecule has 2 heterocycles. The number of pyridine rings is 1. The first kappa shape index (κ1) is 18.0. The number of hydrogen-bond donors (Lipinski definition) is 0. The minimum atomic E-state index is 0.668. The lowest BCUT2D eigenvalue weighted by molar-refractivity contribution is 0.650. The van der Waals surface area contributed by atoms with Crippen molar-refractivity contribution in [3.63, 3.8) is 0 Å². The number of nitrogens with zero attached hydrogens (tertiary/aromatic N) is 3. The first-order valence-corrected chi connectivity index (χ1v) is 9.77. The lowest BCUT2D eigenvalue weighted by Crippen LogP contribution is -1.97. The molecule has 0 atom stereocenters. The molecule has 0 aliphatic heterocycles. The molecule has 3 heteroatoms. The highest BCUT2D eigenvalue weighted by molar-refractivity contribution is 5.90. The molecule has 4 rings (SSSR count). The van der Waals surface area contributed by atoms with Crippen LogP contribution < -0.4 is 0 Å². The van der Waals surface area contributed by atoms with Crippen molar-refractivity contribution in [3.8, 4) is 28.5 Å². The molecule has 0 N–H and O–H groups in total. The molecule has 2 aromatic carbocycles. The quantitative estimate of drug-likeness (QED) is 0.413. The van der Waals surface area contributed by atoms with Gasteiger partial charge in [-0.15, -0.1) is 0 Å². The van der Waals surface area contributed by atoms with Crippen LogP contribution in [0.3, 0.4) is 0 Å². The molecule has 4 aromatic rings. The minimum absolute atomic E-state index is 0.668. The van der Waals surface area contributed by atoms with E-state index >= 15 is 0 Å². The van der Waals surface area contributed by atoms with Gasteiger partial charge in [0, 0.05) is 23.9 Å². The molecule has 2 aromatic heterocycles. The molecule has 0 aliphatic rings. The molecule has 138 valence electrons. The third kappa shape index (κ3) is 3.42. The van der Waals surface area contributed by atoms with E-state index in [1.807, 2.05) is 24.3 Å². The molecule has 0 radical (unpaired) electrons. The normalized spacial score (nSPS) is 10.9. The van der Waals surface area contributed by atoms with Gasteiger partial charge in [-0.2, -0.15) is 5.26 Å². The Kier molecular flexibility index (Phi) is 4.95. The summed E-state index contributed by atoms with van der Waals surface area (Å²) in [5, 5.41) is 9.12. The van der Waals surface area contributed by atoms with Crippen molar-refractivity contribution in [2.24, 2.45) is 0 Å².